The number of carboxylic acids is 1. The van der Waals surface area contributed by atoms with E-state index in [-0.39, 0.29) is 6.42 Å². The van der Waals surface area contributed by atoms with E-state index in [4.69, 9.17) is 20.6 Å². The van der Waals surface area contributed by atoms with Gasteiger partial charge in [-0.25, -0.2) is 4.98 Å². The van der Waals surface area contributed by atoms with Gasteiger partial charge in [-0.3, -0.25) is 4.79 Å². The molecule has 162 valence electrons. The lowest BCUT2D eigenvalue weighted by atomic mass is 9.93. The van der Waals surface area contributed by atoms with Crippen LogP contribution in [0.15, 0.2) is 84.2 Å². The van der Waals surface area contributed by atoms with Gasteiger partial charge in [0.15, 0.2) is 0 Å². The monoisotopic (exact) mass is 444 g/mol. The maximum atomic E-state index is 10.8. The molecule has 0 aliphatic rings. The van der Waals surface area contributed by atoms with Gasteiger partial charge >= 0.3 is 5.97 Å². The van der Waals surface area contributed by atoms with Gasteiger partial charge in [0.2, 0.25) is 0 Å². The minimum atomic E-state index is -0.848. The van der Waals surface area contributed by atoms with Gasteiger partial charge in [0, 0.05) is 10.9 Å². The first-order valence-electron chi connectivity index (χ1n) is 10.2. The number of thiazole rings is 1. The van der Waals surface area contributed by atoms with Crippen LogP contribution in [0.3, 0.4) is 0 Å². The molecule has 0 radical (unpaired) electrons. The second-order valence-corrected chi connectivity index (χ2v) is 8.66. The predicted octanol–water partition coefficient (Wildman–Crippen LogP) is 5.24. The van der Waals surface area contributed by atoms with Crippen LogP contribution in [-0.2, 0) is 23.4 Å². The SMILES string of the molecule is CC(N)(c1ccc(COc2ccc(CC(=O)O)cc2)cc1)c1nc(-c2ccccc2)cs1. The third-order valence-corrected chi connectivity index (χ3v) is 6.34. The summed E-state index contributed by atoms with van der Waals surface area (Å²) in [7, 11) is 0. The fraction of sp³-hybridized carbons (Fsp3) is 0.154. The van der Waals surface area contributed by atoms with Gasteiger partial charge in [0.05, 0.1) is 17.7 Å². The number of carbonyl (C=O) groups is 1. The van der Waals surface area contributed by atoms with Crippen molar-refractivity contribution in [3.05, 3.63) is 106 Å². The molecule has 6 heteroatoms. The summed E-state index contributed by atoms with van der Waals surface area (Å²) in [5, 5.41) is 11.8. The summed E-state index contributed by atoms with van der Waals surface area (Å²) in [5.74, 6) is -0.150. The summed E-state index contributed by atoms with van der Waals surface area (Å²) < 4.78 is 5.83. The zero-order chi connectivity index (χ0) is 22.6. The minimum Gasteiger partial charge on any atom is -0.489 e. The molecule has 3 N–H and O–H groups in total. The molecule has 1 heterocycles. The number of rotatable bonds is 8. The number of hydrogen-bond acceptors (Lipinski definition) is 5. The van der Waals surface area contributed by atoms with Crippen LogP contribution in [0.1, 0.15) is 28.6 Å². The second-order valence-electron chi connectivity index (χ2n) is 7.81. The number of nitrogens with zero attached hydrogens (tertiary/aromatic N) is 1. The van der Waals surface area contributed by atoms with E-state index in [9.17, 15) is 4.79 Å². The van der Waals surface area contributed by atoms with E-state index in [0.29, 0.717) is 12.4 Å². The second kappa shape index (κ2) is 9.34. The van der Waals surface area contributed by atoms with Gasteiger partial charge in [-0.2, -0.15) is 0 Å². The molecule has 0 aliphatic carbocycles. The van der Waals surface area contributed by atoms with Crippen LogP contribution in [0.25, 0.3) is 11.3 Å². The first-order chi connectivity index (χ1) is 15.4. The molecule has 32 heavy (non-hydrogen) atoms. The van der Waals surface area contributed by atoms with Crippen molar-refractivity contribution >= 4 is 17.3 Å². The van der Waals surface area contributed by atoms with Gasteiger partial charge in [-0.05, 0) is 35.7 Å². The third kappa shape index (κ3) is 5.04. The molecule has 0 saturated carbocycles. The number of hydrogen-bond donors (Lipinski definition) is 2. The Bertz CT molecular complexity index is 1180. The number of nitrogens with two attached hydrogens (primary N) is 1. The van der Waals surface area contributed by atoms with E-state index < -0.39 is 11.5 Å². The lowest BCUT2D eigenvalue weighted by molar-refractivity contribution is -0.136. The zero-order valence-corrected chi connectivity index (χ0v) is 18.5. The van der Waals surface area contributed by atoms with E-state index in [0.717, 1.165) is 33.0 Å². The van der Waals surface area contributed by atoms with E-state index in [2.05, 4.69) is 0 Å². The molecule has 5 nitrogen and oxygen atoms in total. The fourth-order valence-corrected chi connectivity index (χ4v) is 4.30. The van der Waals surface area contributed by atoms with Gasteiger partial charge in [-0.1, -0.05) is 66.7 Å². The van der Waals surface area contributed by atoms with Crippen molar-refractivity contribution in [2.75, 3.05) is 0 Å². The molecule has 0 amide bonds. The average Bonchev–Trinajstić information content (AvgIpc) is 3.31. The summed E-state index contributed by atoms with van der Waals surface area (Å²) in [6.07, 6.45) is 0.00549. The molecular formula is C26H24N2O3S. The summed E-state index contributed by atoms with van der Waals surface area (Å²) >= 11 is 1.57. The largest absolute Gasteiger partial charge is 0.489 e. The molecule has 0 bridgehead atoms. The maximum absolute atomic E-state index is 10.8. The molecule has 0 saturated heterocycles. The highest BCUT2D eigenvalue weighted by Gasteiger charge is 2.27. The lowest BCUT2D eigenvalue weighted by Gasteiger charge is -2.23. The van der Waals surface area contributed by atoms with E-state index in [1.54, 1.807) is 35.6 Å². The molecule has 0 spiro atoms. The van der Waals surface area contributed by atoms with Crippen LogP contribution in [0.2, 0.25) is 0 Å². The summed E-state index contributed by atoms with van der Waals surface area (Å²) in [4.78, 5) is 15.6. The first-order valence-corrected chi connectivity index (χ1v) is 11.1. The molecule has 0 aliphatic heterocycles. The van der Waals surface area contributed by atoms with Crippen molar-refractivity contribution < 1.29 is 14.6 Å². The standard InChI is InChI=1S/C26H24N2O3S/c1-26(27,25-28-23(17-32-25)20-5-3-2-4-6-20)21-11-7-19(8-12-21)16-31-22-13-9-18(10-14-22)15-24(29)30/h2-14,17H,15-16,27H2,1H3,(H,29,30). The predicted molar refractivity (Wildman–Crippen MR) is 127 cm³/mol. The first kappa shape index (κ1) is 21.7. The van der Waals surface area contributed by atoms with Crippen LogP contribution in [0.5, 0.6) is 5.75 Å². The Hall–Kier alpha value is -3.48. The summed E-state index contributed by atoms with van der Waals surface area (Å²) in [5.41, 5.74) is 10.7. The Kier molecular flexibility index (Phi) is 6.35. The van der Waals surface area contributed by atoms with Crippen LogP contribution in [-0.4, -0.2) is 16.1 Å². The van der Waals surface area contributed by atoms with E-state index >= 15 is 0 Å². The van der Waals surface area contributed by atoms with Crippen molar-refractivity contribution in [3.63, 3.8) is 0 Å². The highest BCUT2D eigenvalue weighted by atomic mass is 32.1. The number of aliphatic carboxylic acids is 1. The number of aromatic nitrogens is 1. The summed E-state index contributed by atoms with van der Waals surface area (Å²) in [6, 6.07) is 25.2. The third-order valence-electron chi connectivity index (χ3n) is 5.26. The topological polar surface area (TPSA) is 85.4 Å². The molecule has 0 fully saturated rings. The Morgan fingerprint density at radius 1 is 1.00 bits per heavy atom. The van der Waals surface area contributed by atoms with Crippen molar-refractivity contribution in [3.8, 4) is 17.0 Å². The van der Waals surface area contributed by atoms with E-state index in [1.807, 2.05) is 66.9 Å². The van der Waals surface area contributed by atoms with Crippen LogP contribution < -0.4 is 10.5 Å². The normalized spacial score (nSPS) is 12.8. The van der Waals surface area contributed by atoms with E-state index in [1.165, 1.54) is 0 Å². The smallest absolute Gasteiger partial charge is 0.307 e. The van der Waals surface area contributed by atoms with Crippen molar-refractivity contribution in [1.29, 1.82) is 0 Å². The highest BCUT2D eigenvalue weighted by Crippen LogP contribution is 2.32. The quantitative estimate of drug-likeness (QED) is 0.388. The van der Waals surface area contributed by atoms with Crippen molar-refractivity contribution in [2.24, 2.45) is 5.73 Å². The van der Waals surface area contributed by atoms with Gasteiger partial charge in [0.25, 0.3) is 0 Å². The summed E-state index contributed by atoms with van der Waals surface area (Å²) in [6.45, 7) is 2.39. The van der Waals surface area contributed by atoms with Crippen LogP contribution in [0.4, 0.5) is 0 Å². The minimum absolute atomic E-state index is 0.00549. The zero-order valence-electron chi connectivity index (χ0n) is 17.7. The van der Waals surface area contributed by atoms with Gasteiger partial charge in [-0.15, -0.1) is 11.3 Å². The van der Waals surface area contributed by atoms with Crippen LogP contribution >= 0.6 is 11.3 Å². The number of ether oxygens (including phenoxy) is 1. The Balaban J connectivity index is 1.41. The molecular weight excluding hydrogens is 420 g/mol. The Labute approximate surface area is 191 Å². The molecule has 4 rings (SSSR count). The average molecular weight is 445 g/mol. The Morgan fingerprint density at radius 2 is 1.66 bits per heavy atom. The van der Waals surface area contributed by atoms with Gasteiger partial charge in [0.1, 0.15) is 17.4 Å². The lowest BCUT2D eigenvalue weighted by Crippen LogP contribution is -2.34. The molecule has 1 unspecified atom stereocenters. The fourth-order valence-electron chi connectivity index (χ4n) is 3.37. The molecule has 1 atom stereocenters. The molecule has 3 aromatic carbocycles. The van der Waals surface area contributed by atoms with Crippen LogP contribution in [0, 0.1) is 0 Å². The highest BCUT2D eigenvalue weighted by molar-refractivity contribution is 7.10. The maximum Gasteiger partial charge on any atom is 0.307 e. The Morgan fingerprint density at radius 3 is 2.31 bits per heavy atom. The molecule has 4 aromatic rings. The van der Waals surface area contributed by atoms with Crippen molar-refractivity contribution in [2.45, 2.75) is 25.5 Å². The van der Waals surface area contributed by atoms with Gasteiger partial charge < -0.3 is 15.6 Å². The van der Waals surface area contributed by atoms with Crippen molar-refractivity contribution in [1.82, 2.24) is 4.98 Å². The molecule has 1 aromatic heterocycles. The number of carboxylic acid groups (broad SMARTS) is 1. The number of benzene rings is 3.